The highest BCUT2D eigenvalue weighted by molar-refractivity contribution is 6.31. The van der Waals surface area contributed by atoms with Gasteiger partial charge in [0.2, 0.25) is 5.91 Å². The van der Waals surface area contributed by atoms with E-state index in [2.05, 4.69) is 44.0 Å². The van der Waals surface area contributed by atoms with Gasteiger partial charge in [-0.3, -0.25) is 4.79 Å². The third kappa shape index (κ3) is 4.72. The third-order valence-electron chi connectivity index (χ3n) is 4.40. The van der Waals surface area contributed by atoms with Crippen molar-refractivity contribution in [1.29, 1.82) is 0 Å². The van der Waals surface area contributed by atoms with E-state index in [9.17, 15) is 4.79 Å². The third-order valence-corrected chi connectivity index (χ3v) is 4.73. The highest BCUT2D eigenvalue weighted by Crippen LogP contribution is 2.25. The number of likely N-dealkylation sites (N-methyl/N-ethyl adjacent to an activating group) is 1. The van der Waals surface area contributed by atoms with Crippen LogP contribution in [0.15, 0.2) is 18.2 Å². The summed E-state index contributed by atoms with van der Waals surface area (Å²) in [7, 11) is 2.10. The van der Waals surface area contributed by atoms with Crippen LogP contribution in [0.3, 0.4) is 0 Å². The molecule has 1 aliphatic rings. The molecule has 0 N–H and O–H groups in total. The summed E-state index contributed by atoms with van der Waals surface area (Å²) in [5, 5.41) is 0.845. The van der Waals surface area contributed by atoms with Gasteiger partial charge in [0, 0.05) is 37.6 Å². The van der Waals surface area contributed by atoms with Crippen LogP contribution in [0.1, 0.15) is 43.7 Å². The van der Waals surface area contributed by atoms with Crippen molar-refractivity contribution in [2.24, 2.45) is 0 Å². The number of aryl methyl sites for hydroxylation is 1. The Morgan fingerprint density at radius 2 is 1.91 bits per heavy atom. The average molecular weight is 323 g/mol. The number of carbonyl (C=O) groups is 1. The second kappa shape index (κ2) is 7.98. The van der Waals surface area contributed by atoms with E-state index in [1.165, 1.54) is 11.1 Å². The largest absolute Gasteiger partial charge is 0.340 e. The van der Waals surface area contributed by atoms with Crippen molar-refractivity contribution in [3.05, 3.63) is 34.3 Å². The van der Waals surface area contributed by atoms with Crippen molar-refractivity contribution in [2.45, 2.75) is 39.0 Å². The molecule has 1 amide bonds. The van der Waals surface area contributed by atoms with Crippen molar-refractivity contribution in [2.75, 3.05) is 33.2 Å². The summed E-state index contributed by atoms with van der Waals surface area (Å²) >= 11 is 6.32. The quantitative estimate of drug-likeness (QED) is 0.827. The molecule has 0 aromatic heterocycles. The average Bonchev–Trinajstić information content (AvgIpc) is 2.47. The van der Waals surface area contributed by atoms with E-state index in [1.54, 1.807) is 0 Å². The van der Waals surface area contributed by atoms with Crippen molar-refractivity contribution < 1.29 is 4.79 Å². The maximum absolute atomic E-state index is 12.2. The molecule has 1 fully saturated rings. The summed E-state index contributed by atoms with van der Waals surface area (Å²) in [6, 6.07) is 6.31. The van der Waals surface area contributed by atoms with Crippen LogP contribution in [0, 0.1) is 0 Å². The normalized spacial score (nSPS) is 16.3. The van der Waals surface area contributed by atoms with E-state index in [0.717, 1.165) is 44.0 Å². The van der Waals surface area contributed by atoms with Gasteiger partial charge in [-0.25, -0.2) is 0 Å². The monoisotopic (exact) mass is 322 g/mol. The highest BCUT2D eigenvalue weighted by atomic mass is 35.5. The maximum Gasteiger partial charge on any atom is 0.222 e. The van der Waals surface area contributed by atoms with Crippen LogP contribution in [-0.4, -0.2) is 48.9 Å². The van der Waals surface area contributed by atoms with Crippen LogP contribution < -0.4 is 0 Å². The lowest BCUT2D eigenvalue weighted by Crippen LogP contribution is -2.47. The van der Waals surface area contributed by atoms with E-state index in [1.807, 2.05) is 4.90 Å². The van der Waals surface area contributed by atoms with Gasteiger partial charge in [-0.15, -0.1) is 0 Å². The zero-order valence-electron chi connectivity index (χ0n) is 13.9. The van der Waals surface area contributed by atoms with Crippen LogP contribution in [0.25, 0.3) is 0 Å². The molecule has 0 radical (unpaired) electrons. The predicted octanol–water partition coefficient (Wildman–Crippen LogP) is 3.56. The molecule has 0 aliphatic carbocycles. The van der Waals surface area contributed by atoms with Gasteiger partial charge in [-0.2, -0.15) is 0 Å². The predicted molar refractivity (Wildman–Crippen MR) is 92.6 cm³/mol. The number of halogens is 1. The van der Waals surface area contributed by atoms with Crippen molar-refractivity contribution in [3.63, 3.8) is 0 Å². The summed E-state index contributed by atoms with van der Waals surface area (Å²) in [6.45, 7) is 8.00. The smallest absolute Gasteiger partial charge is 0.222 e. The summed E-state index contributed by atoms with van der Waals surface area (Å²) in [4.78, 5) is 16.4. The van der Waals surface area contributed by atoms with Crippen LogP contribution >= 0.6 is 11.6 Å². The summed E-state index contributed by atoms with van der Waals surface area (Å²) < 4.78 is 0. The Balaban J connectivity index is 1.78. The molecule has 0 unspecified atom stereocenters. The number of hydrogen-bond donors (Lipinski definition) is 0. The van der Waals surface area contributed by atoms with Gasteiger partial charge in [-0.05, 0) is 43.0 Å². The molecule has 0 spiro atoms. The molecule has 2 rings (SSSR count). The highest BCUT2D eigenvalue weighted by Gasteiger charge is 2.18. The number of nitrogens with zero attached hydrogens (tertiary/aromatic N) is 2. The van der Waals surface area contributed by atoms with Crippen LogP contribution in [0.5, 0.6) is 0 Å². The van der Waals surface area contributed by atoms with Crippen LogP contribution in [-0.2, 0) is 11.2 Å². The first-order valence-corrected chi connectivity index (χ1v) is 8.60. The van der Waals surface area contributed by atoms with Gasteiger partial charge in [-0.1, -0.05) is 37.6 Å². The fourth-order valence-electron chi connectivity index (χ4n) is 2.85. The molecule has 122 valence electrons. The number of benzene rings is 1. The number of amides is 1. The van der Waals surface area contributed by atoms with Gasteiger partial charge < -0.3 is 9.80 Å². The molecule has 1 saturated heterocycles. The number of carbonyl (C=O) groups excluding carboxylic acids is 1. The number of hydrogen-bond acceptors (Lipinski definition) is 2. The molecule has 3 nitrogen and oxygen atoms in total. The van der Waals surface area contributed by atoms with Gasteiger partial charge >= 0.3 is 0 Å². The fraction of sp³-hybridized carbons (Fsp3) is 0.611. The van der Waals surface area contributed by atoms with Crippen molar-refractivity contribution >= 4 is 17.5 Å². The summed E-state index contributed by atoms with van der Waals surface area (Å²) in [5.41, 5.74) is 2.42. The first-order chi connectivity index (χ1) is 10.5. The van der Waals surface area contributed by atoms with E-state index in [0.29, 0.717) is 12.3 Å². The molecule has 1 aromatic carbocycles. The SMILES string of the molecule is CC(C)c1ccc(CCCC(=O)N2CCN(C)CC2)cc1Cl. The standard InChI is InChI=1S/C18H27ClN2O/c1-14(2)16-8-7-15(13-17(16)19)5-4-6-18(22)21-11-9-20(3)10-12-21/h7-8,13-14H,4-6,9-12H2,1-3H3. The summed E-state index contributed by atoms with van der Waals surface area (Å²) in [5.74, 6) is 0.735. The van der Waals surface area contributed by atoms with E-state index >= 15 is 0 Å². The molecule has 1 aliphatic heterocycles. The number of piperazine rings is 1. The van der Waals surface area contributed by atoms with Crippen LogP contribution in [0.2, 0.25) is 5.02 Å². The molecule has 0 atom stereocenters. The molecular formula is C18H27ClN2O. The Labute approximate surface area is 139 Å². The molecular weight excluding hydrogens is 296 g/mol. The lowest BCUT2D eigenvalue weighted by Gasteiger charge is -2.32. The Morgan fingerprint density at radius 1 is 1.23 bits per heavy atom. The molecule has 1 aromatic rings. The van der Waals surface area contributed by atoms with E-state index in [4.69, 9.17) is 11.6 Å². The van der Waals surface area contributed by atoms with E-state index < -0.39 is 0 Å². The Bertz CT molecular complexity index is 508. The Hall–Kier alpha value is -1.06. The molecule has 0 bridgehead atoms. The molecule has 22 heavy (non-hydrogen) atoms. The molecule has 0 saturated carbocycles. The molecule has 1 heterocycles. The van der Waals surface area contributed by atoms with Gasteiger partial charge in [0.1, 0.15) is 0 Å². The molecule has 4 heteroatoms. The Kier molecular flexibility index (Phi) is 6.27. The number of rotatable bonds is 5. The minimum Gasteiger partial charge on any atom is -0.340 e. The lowest BCUT2D eigenvalue weighted by atomic mass is 9.99. The van der Waals surface area contributed by atoms with Crippen LogP contribution in [0.4, 0.5) is 0 Å². The minimum absolute atomic E-state index is 0.290. The minimum atomic E-state index is 0.290. The lowest BCUT2D eigenvalue weighted by molar-refractivity contribution is -0.132. The van der Waals surface area contributed by atoms with Gasteiger partial charge in [0.05, 0.1) is 0 Å². The second-order valence-electron chi connectivity index (χ2n) is 6.55. The van der Waals surface area contributed by atoms with Crippen molar-refractivity contribution in [3.8, 4) is 0 Å². The van der Waals surface area contributed by atoms with Gasteiger partial charge in [0.25, 0.3) is 0 Å². The fourth-order valence-corrected chi connectivity index (χ4v) is 3.27. The topological polar surface area (TPSA) is 23.6 Å². The zero-order chi connectivity index (χ0) is 16.1. The summed E-state index contributed by atoms with van der Waals surface area (Å²) in [6.07, 6.45) is 2.44. The zero-order valence-corrected chi connectivity index (χ0v) is 14.7. The first-order valence-electron chi connectivity index (χ1n) is 8.22. The maximum atomic E-state index is 12.2. The van der Waals surface area contributed by atoms with Gasteiger partial charge in [0.15, 0.2) is 0 Å². The second-order valence-corrected chi connectivity index (χ2v) is 6.96. The van der Waals surface area contributed by atoms with Crippen molar-refractivity contribution in [1.82, 2.24) is 9.80 Å². The van der Waals surface area contributed by atoms with E-state index in [-0.39, 0.29) is 5.91 Å². The Morgan fingerprint density at radius 3 is 2.50 bits per heavy atom. The first kappa shape index (κ1) is 17.3.